The minimum absolute atomic E-state index is 0.0572. The van der Waals surface area contributed by atoms with Crippen molar-refractivity contribution in [1.29, 1.82) is 0 Å². The molecule has 0 radical (unpaired) electrons. The van der Waals surface area contributed by atoms with Crippen LogP contribution in [0.3, 0.4) is 0 Å². The van der Waals surface area contributed by atoms with Crippen LogP contribution in [0.4, 0.5) is 0 Å². The number of carbonyl (C=O) groups excluding carboxylic acids is 1. The van der Waals surface area contributed by atoms with Crippen LogP contribution in [-0.4, -0.2) is 35.1 Å². The summed E-state index contributed by atoms with van der Waals surface area (Å²) < 4.78 is 5.34. The van der Waals surface area contributed by atoms with E-state index < -0.39 is 0 Å². The zero-order valence-corrected chi connectivity index (χ0v) is 11.6. The number of halogens is 1. The van der Waals surface area contributed by atoms with E-state index in [9.17, 15) is 4.79 Å². The van der Waals surface area contributed by atoms with E-state index in [0.29, 0.717) is 13.2 Å². The molecule has 0 aliphatic heterocycles. The summed E-state index contributed by atoms with van der Waals surface area (Å²) in [5.41, 5.74) is 0.213. The highest BCUT2D eigenvalue weighted by Gasteiger charge is 2.18. The molecule has 0 saturated heterocycles. The molecule has 100 valence electrons. The fraction of sp³-hybridized carbons (Fsp3) is 0.583. The van der Waals surface area contributed by atoms with E-state index in [2.05, 4.69) is 15.3 Å². The van der Waals surface area contributed by atoms with Gasteiger partial charge in [0.2, 0.25) is 0 Å². The highest BCUT2D eigenvalue weighted by Crippen LogP contribution is 2.06. The predicted molar refractivity (Wildman–Crippen MR) is 69.6 cm³/mol. The van der Waals surface area contributed by atoms with E-state index in [4.69, 9.17) is 16.3 Å². The van der Waals surface area contributed by atoms with E-state index in [0.717, 1.165) is 0 Å². The van der Waals surface area contributed by atoms with Crippen LogP contribution in [0.15, 0.2) is 12.4 Å². The van der Waals surface area contributed by atoms with Gasteiger partial charge in [-0.2, -0.15) is 0 Å². The molecule has 1 heterocycles. The summed E-state index contributed by atoms with van der Waals surface area (Å²) in [6.45, 7) is 7.06. The molecule has 0 aromatic carbocycles. The Bertz CT molecular complexity index is 399. The van der Waals surface area contributed by atoms with Crippen LogP contribution < -0.4 is 5.32 Å². The molecule has 1 amide bonds. The molecule has 1 atom stereocenters. The van der Waals surface area contributed by atoms with Crippen molar-refractivity contribution in [3.8, 4) is 0 Å². The van der Waals surface area contributed by atoms with Crippen LogP contribution in [0.1, 0.15) is 31.3 Å². The van der Waals surface area contributed by atoms with E-state index in [1.807, 2.05) is 20.8 Å². The normalized spacial score (nSPS) is 12.5. The van der Waals surface area contributed by atoms with Gasteiger partial charge in [0.1, 0.15) is 10.8 Å². The second kappa shape index (κ2) is 7.28. The standard InChI is InChI=1S/C12H18ClN3O2/c1-4-18-7-10(8(2)3)16-12(17)9-5-14-6-11(13)15-9/h5-6,8,10H,4,7H2,1-3H3,(H,16,17). The third kappa shape index (κ3) is 4.58. The molecule has 1 aromatic rings. The Morgan fingerprint density at radius 3 is 2.78 bits per heavy atom. The Balaban J connectivity index is 2.66. The number of nitrogens with zero attached hydrogens (tertiary/aromatic N) is 2. The molecule has 5 nitrogen and oxygen atoms in total. The molecular formula is C12H18ClN3O2. The summed E-state index contributed by atoms with van der Waals surface area (Å²) >= 11 is 5.69. The largest absolute Gasteiger partial charge is 0.380 e. The van der Waals surface area contributed by atoms with Gasteiger partial charge in [-0.1, -0.05) is 25.4 Å². The smallest absolute Gasteiger partial charge is 0.271 e. The maximum absolute atomic E-state index is 11.9. The van der Waals surface area contributed by atoms with Gasteiger partial charge in [0.25, 0.3) is 5.91 Å². The number of nitrogens with one attached hydrogen (secondary N) is 1. The first-order valence-corrected chi connectivity index (χ1v) is 6.28. The van der Waals surface area contributed by atoms with E-state index in [-0.39, 0.29) is 28.7 Å². The Kier molecular flexibility index (Phi) is 6.01. The zero-order chi connectivity index (χ0) is 13.5. The summed E-state index contributed by atoms with van der Waals surface area (Å²) in [5, 5.41) is 3.07. The van der Waals surface area contributed by atoms with Gasteiger partial charge in [-0.15, -0.1) is 0 Å². The highest BCUT2D eigenvalue weighted by molar-refractivity contribution is 6.29. The molecule has 0 saturated carbocycles. The van der Waals surface area contributed by atoms with E-state index >= 15 is 0 Å². The van der Waals surface area contributed by atoms with Crippen molar-refractivity contribution in [1.82, 2.24) is 15.3 Å². The third-order valence-electron chi connectivity index (χ3n) is 2.46. The van der Waals surface area contributed by atoms with E-state index in [1.54, 1.807) is 0 Å². The van der Waals surface area contributed by atoms with Crippen molar-refractivity contribution in [2.45, 2.75) is 26.8 Å². The lowest BCUT2D eigenvalue weighted by atomic mass is 10.1. The quantitative estimate of drug-likeness (QED) is 0.859. The van der Waals surface area contributed by atoms with Crippen LogP contribution in [0, 0.1) is 5.92 Å². The molecule has 18 heavy (non-hydrogen) atoms. The van der Waals surface area contributed by atoms with Crippen molar-refractivity contribution in [3.63, 3.8) is 0 Å². The minimum Gasteiger partial charge on any atom is -0.380 e. The lowest BCUT2D eigenvalue weighted by Gasteiger charge is -2.21. The van der Waals surface area contributed by atoms with Crippen molar-refractivity contribution in [3.05, 3.63) is 23.2 Å². The second-order valence-electron chi connectivity index (χ2n) is 4.21. The number of hydrogen-bond donors (Lipinski definition) is 1. The number of amides is 1. The Morgan fingerprint density at radius 2 is 2.22 bits per heavy atom. The van der Waals surface area contributed by atoms with Crippen LogP contribution >= 0.6 is 11.6 Å². The maximum Gasteiger partial charge on any atom is 0.271 e. The Hall–Kier alpha value is -1.20. The fourth-order valence-electron chi connectivity index (χ4n) is 1.34. The van der Waals surface area contributed by atoms with E-state index in [1.165, 1.54) is 12.4 Å². The molecule has 0 spiro atoms. The lowest BCUT2D eigenvalue weighted by molar-refractivity contribution is 0.0801. The van der Waals surface area contributed by atoms with Crippen LogP contribution in [0.2, 0.25) is 5.15 Å². The number of hydrogen-bond acceptors (Lipinski definition) is 4. The average molecular weight is 272 g/mol. The van der Waals surface area contributed by atoms with Gasteiger partial charge in [0.15, 0.2) is 0 Å². The van der Waals surface area contributed by atoms with Crippen molar-refractivity contribution in [2.24, 2.45) is 5.92 Å². The Labute approximate surface area is 112 Å². The summed E-state index contributed by atoms with van der Waals surface area (Å²) in [7, 11) is 0. The van der Waals surface area contributed by atoms with Gasteiger partial charge in [-0.3, -0.25) is 9.78 Å². The molecule has 1 N–H and O–H groups in total. The maximum atomic E-state index is 11.9. The average Bonchev–Trinajstić information content (AvgIpc) is 2.33. The third-order valence-corrected chi connectivity index (χ3v) is 2.64. The molecule has 0 bridgehead atoms. The number of rotatable bonds is 6. The molecule has 1 unspecified atom stereocenters. The second-order valence-corrected chi connectivity index (χ2v) is 4.60. The number of ether oxygens (including phenoxy) is 1. The number of carbonyl (C=O) groups is 1. The molecule has 1 aromatic heterocycles. The van der Waals surface area contributed by atoms with Gasteiger partial charge in [0, 0.05) is 6.61 Å². The molecule has 6 heteroatoms. The first-order valence-electron chi connectivity index (χ1n) is 5.90. The Morgan fingerprint density at radius 1 is 1.50 bits per heavy atom. The fourth-order valence-corrected chi connectivity index (χ4v) is 1.49. The highest BCUT2D eigenvalue weighted by atomic mass is 35.5. The van der Waals surface area contributed by atoms with Gasteiger partial charge in [0.05, 0.1) is 25.0 Å². The molecule has 0 fully saturated rings. The predicted octanol–water partition coefficient (Wildman–Crippen LogP) is 1.92. The van der Waals surface area contributed by atoms with Gasteiger partial charge in [-0.25, -0.2) is 4.98 Å². The molecule has 1 rings (SSSR count). The minimum atomic E-state index is -0.289. The molecule has 0 aliphatic rings. The van der Waals surface area contributed by atoms with Crippen LogP contribution in [0.5, 0.6) is 0 Å². The van der Waals surface area contributed by atoms with Gasteiger partial charge in [-0.05, 0) is 12.8 Å². The zero-order valence-electron chi connectivity index (χ0n) is 10.8. The van der Waals surface area contributed by atoms with Crippen LogP contribution in [0.25, 0.3) is 0 Å². The van der Waals surface area contributed by atoms with Crippen molar-refractivity contribution >= 4 is 17.5 Å². The summed E-state index contributed by atoms with van der Waals surface area (Å²) in [4.78, 5) is 19.7. The molecular weight excluding hydrogens is 254 g/mol. The molecule has 0 aliphatic carbocycles. The van der Waals surface area contributed by atoms with Gasteiger partial charge < -0.3 is 10.1 Å². The lowest BCUT2D eigenvalue weighted by Crippen LogP contribution is -2.42. The SMILES string of the molecule is CCOCC(NC(=O)c1cncc(Cl)n1)C(C)C. The first-order chi connectivity index (χ1) is 8.54. The monoisotopic (exact) mass is 271 g/mol. The van der Waals surface area contributed by atoms with Crippen LogP contribution in [-0.2, 0) is 4.74 Å². The van der Waals surface area contributed by atoms with Crippen molar-refractivity contribution < 1.29 is 9.53 Å². The topological polar surface area (TPSA) is 64.1 Å². The summed E-state index contributed by atoms with van der Waals surface area (Å²) in [5.74, 6) is -0.0175. The van der Waals surface area contributed by atoms with Gasteiger partial charge >= 0.3 is 0 Å². The number of aromatic nitrogens is 2. The summed E-state index contributed by atoms with van der Waals surface area (Å²) in [6, 6.07) is -0.0572. The van der Waals surface area contributed by atoms with Crippen molar-refractivity contribution in [2.75, 3.05) is 13.2 Å². The summed E-state index contributed by atoms with van der Waals surface area (Å²) in [6.07, 6.45) is 2.78. The first kappa shape index (κ1) is 14.9.